The first kappa shape index (κ1) is 12.3. The van der Waals surface area contributed by atoms with Crippen LogP contribution in [0.1, 0.15) is 17.2 Å². The molecule has 2 aromatic rings. The zero-order valence-corrected chi connectivity index (χ0v) is 11.3. The average Bonchev–Trinajstić information content (AvgIpc) is 2.37. The van der Waals surface area contributed by atoms with E-state index in [4.69, 9.17) is 0 Å². The molecule has 88 valence electrons. The van der Waals surface area contributed by atoms with E-state index in [2.05, 4.69) is 50.5 Å². The van der Waals surface area contributed by atoms with Crippen molar-refractivity contribution in [1.29, 1.82) is 0 Å². The molecule has 1 N–H and O–H groups in total. The first-order valence-electron chi connectivity index (χ1n) is 5.62. The molecule has 17 heavy (non-hydrogen) atoms. The first-order chi connectivity index (χ1) is 8.31. The molecule has 0 aliphatic carbocycles. The fourth-order valence-electron chi connectivity index (χ4n) is 1.90. The minimum absolute atomic E-state index is 0.290. The summed E-state index contributed by atoms with van der Waals surface area (Å²) in [6.45, 7) is 0.882. The molecule has 0 spiro atoms. The highest BCUT2D eigenvalue weighted by Gasteiger charge is 2.14. The van der Waals surface area contributed by atoms with Crippen molar-refractivity contribution in [3.63, 3.8) is 0 Å². The van der Waals surface area contributed by atoms with Gasteiger partial charge in [0, 0.05) is 28.8 Å². The van der Waals surface area contributed by atoms with Gasteiger partial charge in [0.25, 0.3) is 0 Å². The number of halogens is 1. The number of likely N-dealkylation sites (N-methyl/N-ethyl adjacent to an activating group) is 1. The van der Waals surface area contributed by atoms with Gasteiger partial charge in [0.1, 0.15) is 0 Å². The maximum Gasteiger partial charge on any atom is 0.0491 e. The predicted molar refractivity (Wildman–Crippen MR) is 74.1 cm³/mol. The third-order valence-corrected chi connectivity index (χ3v) is 3.20. The number of aromatic nitrogens is 1. The molecule has 0 bridgehead atoms. The minimum atomic E-state index is 0.290. The van der Waals surface area contributed by atoms with Crippen molar-refractivity contribution < 1.29 is 0 Å². The lowest BCUT2D eigenvalue weighted by Gasteiger charge is -2.16. The Morgan fingerprint density at radius 3 is 2.76 bits per heavy atom. The van der Waals surface area contributed by atoms with E-state index in [-0.39, 0.29) is 0 Å². The molecule has 2 nitrogen and oxygen atoms in total. The van der Waals surface area contributed by atoms with E-state index in [0.717, 1.165) is 16.7 Å². The Morgan fingerprint density at radius 2 is 2.12 bits per heavy atom. The number of rotatable bonds is 4. The molecule has 0 saturated heterocycles. The summed E-state index contributed by atoms with van der Waals surface area (Å²) in [5, 5.41) is 3.23. The van der Waals surface area contributed by atoms with Crippen LogP contribution in [0.2, 0.25) is 0 Å². The van der Waals surface area contributed by atoms with Crippen LogP contribution in [0.25, 0.3) is 0 Å². The fourth-order valence-corrected chi connectivity index (χ4v) is 2.32. The van der Waals surface area contributed by atoms with Gasteiger partial charge >= 0.3 is 0 Å². The number of pyridine rings is 1. The maximum absolute atomic E-state index is 4.45. The molecule has 0 radical (unpaired) electrons. The summed E-state index contributed by atoms with van der Waals surface area (Å²) in [5.74, 6) is 0.290. The molecule has 0 saturated carbocycles. The second-order valence-corrected chi connectivity index (χ2v) is 4.84. The minimum Gasteiger partial charge on any atom is -0.319 e. The van der Waals surface area contributed by atoms with Gasteiger partial charge in [0.2, 0.25) is 0 Å². The lowest BCUT2D eigenvalue weighted by Crippen LogP contribution is -2.19. The van der Waals surface area contributed by atoms with E-state index in [0.29, 0.717) is 5.92 Å². The van der Waals surface area contributed by atoms with Gasteiger partial charge in [-0.15, -0.1) is 0 Å². The lowest BCUT2D eigenvalue weighted by atomic mass is 9.95. The summed E-state index contributed by atoms with van der Waals surface area (Å²) in [6, 6.07) is 14.4. The maximum atomic E-state index is 4.45. The van der Waals surface area contributed by atoms with Crippen molar-refractivity contribution >= 4 is 15.9 Å². The highest BCUT2D eigenvalue weighted by Crippen LogP contribution is 2.24. The molecule has 0 aliphatic rings. The van der Waals surface area contributed by atoms with Gasteiger partial charge in [-0.3, -0.25) is 4.98 Å². The summed E-state index contributed by atoms with van der Waals surface area (Å²) in [7, 11) is 1.97. The molecule has 2 rings (SSSR count). The fraction of sp³-hybridized carbons (Fsp3) is 0.214. The van der Waals surface area contributed by atoms with Crippen LogP contribution in [0.4, 0.5) is 0 Å². The summed E-state index contributed by atoms with van der Waals surface area (Å²) in [5.41, 5.74) is 2.37. The Bertz CT molecular complexity index is 471. The van der Waals surface area contributed by atoms with Crippen LogP contribution in [0.5, 0.6) is 0 Å². The number of hydrogen-bond donors (Lipinski definition) is 1. The highest BCUT2D eigenvalue weighted by atomic mass is 79.9. The molecule has 1 atom stereocenters. The van der Waals surface area contributed by atoms with Crippen LogP contribution in [0, 0.1) is 0 Å². The summed E-state index contributed by atoms with van der Waals surface area (Å²) < 4.78 is 1.10. The highest BCUT2D eigenvalue weighted by molar-refractivity contribution is 9.10. The van der Waals surface area contributed by atoms with Gasteiger partial charge in [-0.25, -0.2) is 0 Å². The Kier molecular flexibility index (Phi) is 4.29. The second-order valence-electron chi connectivity index (χ2n) is 3.92. The van der Waals surface area contributed by atoms with E-state index in [1.165, 1.54) is 5.56 Å². The molecule has 0 amide bonds. The van der Waals surface area contributed by atoms with Crippen LogP contribution < -0.4 is 5.32 Å². The Balaban J connectivity index is 2.35. The monoisotopic (exact) mass is 290 g/mol. The topological polar surface area (TPSA) is 24.9 Å². The molecule has 1 aromatic heterocycles. The molecule has 1 unspecified atom stereocenters. The summed E-state index contributed by atoms with van der Waals surface area (Å²) in [4.78, 5) is 4.45. The largest absolute Gasteiger partial charge is 0.319 e. The van der Waals surface area contributed by atoms with Crippen molar-refractivity contribution in [3.8, 4) is 0 Å². The smallest absolute Gasteiger partial charge is 0.0491 e. The van der Waals surface area contributed by atoms with E-state index in [1.54, 1.807) is 0 Å². The van der Waals surface area contributed by atoms with E-state index in [1.807, 2.05) is 31.4 Å². The number of nitrogens with one attached hydrogen (secondary N) is 1. The zero-order valence-electron chi connectivity index (χ0n) is 9.73. The molecule has 0 fully saturated rings. The van der Waals surface area contributed by atoms with Gasteiger partial charge in [0.05, 0.1) is 0 Å². The van der Waals surface area contributed by atoms with Gasteiger partial charge in [-0.2, -0.15) is 0 Å². The molecule has 0 aliphatic heterocycles. The van der Waals surface area contributed by atoms with Crippen LogP contribution in [-0.2, 0) is 0 Å². The van der Waals surface area contributed by atoms with Crippen molar-refractivity contribution in [2.75, 3.05) is 13.6 Å². The normalized spacial score (nSPS) is 12.4. The quantitative estimate of drug-likeness (QED) is 0.935. The van der Waals surface area contributed by atoms with E-state index in [9.17, 15) is 0 Å². The van der Waals surface area contributed by atoms with Crippen LogP contribution >= 0.6 is 15.9 Å². The van der Waals surface area contributed by atoms with Crippen molar-refractivity contribution in [1.82, 2.24) is 10.3 Å². The average molecular weight is 291 g/mol. The molecular weight excluding hydrogens is 276 g/mol. The van der Waals surface area contributed by atoms with Gasteiger partial charge < -0.3 is 5.32 Å². The Labute approximate surface area is 110 Å². The Hall–Kier alpha value is -1.19. The molecule has 1 aromatic carbocycles. The number of nitrogens with zero attached hydrogens (tertiary/aromatic N) is 1. The molecular formula is C14H15BrN2. The third kappa shape index (κ3) is 3.14. The Morgan fingerprint density at radius 1 is 1.24 bits per heavy atom. The lowest BCUT2D eigenvalue weighted by molar-refractivity contribution is 0.691. The van der Waals surface area contributed by atoms with Gasteiger partial charge in [0.15, 0.2) is 0 Å². The van der Waals surface area contributed by atoms with Crippen LogP contribution in [-0.4, -0.2) is 18.6 Å². The summed E-state index contributed by atoms with van der Waals surface area (Å²) >= 11 is 3.51. The van der Waals surface area contributed by atoms with Crippen LogP contribution in [0.15, 0.2) is 53.1 Å². The van der Waals surface area contributed by atoms with Crippen molar-refractivity contribution in [3.05, 3.63) is 64.4 Å². The SMILES string of the molecule is CNCC(c1cccc(Br)c1)c1ccccn1. The number of hydrogen-bond acceptors (Lipinski definition) is 2. The molecule has 3 heteroatoms. The van der Waals surface area contributed by atoms with Crippen molar-refractivity contribution in [2.45, 2.75) is 5.92 Å². The van der Waals surface area contributed by atoms with Gasteiger partial charge in [-0.05, 0) is 36.9 Å². The van der Waals surface area contributed by atoms with E-state index >= 15 is 0 Å². The molecule has 1 heterocycles. The predicted octanol–water partition coefficient (Wildman–Crippen LogP) is 3.20. The van der Waals surface area contributed by atoms with Crippen molar-refractivity contribution in [2.24, 2.45) is 0 Å². The summed E-state index contributed by atoms with van der Waals surface area (Å²) in [6.07, 6.45) is 1.84. The zero-order chi connectivity index (χ0) is 12.1. The van der Waals surface area contributed by atoms with E-state index < -0.39 is 0 Å². The standard InChI is InChI=1S/C14H15BrN2/c1-16-10-13(14-7-2-3-8-17-14)11-5-4-6-12(15)9-11/h2-9,13,16H,10H2,1H3. The van der Waals surface area contributed by atoms with Gasteiger partial charge in [-0.1, -0.05) is 34.1 Å². The number of benzene rings is 1. The first-order valence-corrected chi connectivity index (χ1v) is 6.41. The third-order valence-electron chi connectivity index (χ3n) is 2.70. The second kappa shape index (κ2) is 5.94. The van der Waals surface area contributed by atoms with Crippen LogP contribution in [0.3, 0.4) is 0 Å².